The molecule has 18 heavy (non-hydrogen) atoms. The minimum Gasteiger partial charge on any atom is -0.397 e. The maximum absolute atomic E-state index is 12.1. The first-order valence-electron chi connectivity index (χ1n) is 6.35. The molecule has 1 atom stereocenters. The summed E-state index contributed by atoms with van der Waals surface area (Å²) in [6, 6.07) is 1.84. The van der Waals surface area contributed by atoms with Gasteiger partial charge in [-0.15, -0.1) is 0 Å². The van der Waals surface area contributed by atoms with Gasteiger partial charge in [0.05, 0.1) is 5.69 Å². The Bertz CT molecular complexity index is 398. The molecule has 5 heteroatoms. The lowest BCUT2D eigenvalue weighted by atomic mass is 10.3. The number of hydrogen-bond acceptors (Lipinski definition) is 3. The predicted octanol–water partition coefficient (Wildman–Crippen LogP) is 1.16. The fourth-order valence-corrected chi connectivity index (χ4v) is 2.04. The average molecular weight is 252 g/mol. The molecule has 1 aromatic heterocycles. The Morgan fingerprint density at radius 1 is 1.56 bits per heavy atom. The van der Waals surface area contributed by atoms with Crippen LogP contribution in [0.2, 0.25) is 0 Å². The van der Waals surface area contributed by atoms with Gasteiger partial charge in [-0.1, -0.05) is 6.92 Å². The molecule has 0 radical (unpaired) electrons. The van der Waals surface area contributed by atoms with Crippen molar-refractivity contribution in [2.75, 3.05) is 26.4 Å². The zero-order valence-electron chi connectivity index (χ0n) is 11.7. The molecule has 0 aliphatic carbocycles. The molecule has 0 saturated carbocycles. The van der Waals surface area contributed by atoms with E-state index in [0.29, 0.717) is 11.4 Å². The minimum absolute atomic E-state index is 0.0606. The Morgan fingerprint density at radius 2 is 2.22 bits per heavy atom. The highest BCUT2D eigenvalue weighted by atomic mass is 16.2. The third-order valence-corrected chi connectivity index (χ3v) is 2.63. The van der Waals surface area contributed by atoms with E-state index in [1.165, 1.54) is 0 Å². The van der Waals surface area contributed by atoms with Crippen LogP contribution in [0.4, 0.5) is 5.69 Å². The highest BCUT2D eigenvalue weighted by molar-refractivity contribution is 5.94. The summed E-state index contributed by atoms with van der Waals surface area (Å²) in [5.74, 6) is -0.0606. The first-order valence-corrected chi connectivity index (χ1v) is 6.35. The van der Waals surface area contributed by atoms with Gasteiger partial charge in [0, 0.05) is 25.3 Å². The SMILES string of the molecule is CCCn1cc(N)cc1C(=O)NC(C)CN(C)C. The first-order chi connectivity index (χ1) is 8.43. The van der Waals surface area contributed by atoms with E-state index < -0.39 is 0 Å². The number of carbonyl (C=O) groups is 1. The van der Waals surface area contributed by atoms with Crippen LogP contribution < -0.4 is 11.1 Å². The smallest absolute Gasteiger partial charge is 0.268 e. The van der Waals surface area contributed by atoms with Gasteiger partial charge in [0.15, 0.2) is 0 Å². The van der Waals surface area contributed by atoms with Crippen molar-refractivity contribution in [3.63, 3.8) is 0 Å². The van der Waals surface area contributed by atoms with Gasteiger partial charge >= 0.3 is 0 Å². The molecule has 1 rings (SSSR count). The minimum atomic E-state index is -0.0606. The van der Waals surface area contributed by atoms with Gasteiger partial charge in [0.1, 0.15) is 5.69 Å². The van der Waals surface area contributed by atoms with Crippen LogP contribution in [-0.2, 0) is 6.54 Å². The normalized spacial score (nSPS) is 12.7. The Kier molecular flexibility index (Phi) is 5.22. The number of nitrogens with one attached hydrogen (secondary N) is 1. The van der Waals surface area contributed by atoms with E-state index in [4.69, 9.17) is 5.73 Å². The number of likely N-dealkylation sites (N-methyl/N-ethyl adjacent to an activating group) is 1. The Labute approximate surface area is 109 Å². The summed E-state index contributed by atoms with van der Waals surface area (Å²) < 4.78 is 1.91. The zero-order chi connectivity index (χ0) is 13.7. The summed E-state index contributed by atoms with van der Waals surface area (Å²) in [5, 5.41) is 2.98. The van der Waals surface area contributed by atoms with E-state index in [-0.39, 0.29) is 11.9 Å². The van der Waals surface area contributed by atoms with Gasteiger partial charge in [0.2, 0.25) is 0 Å². The fraction of sp³-hybridized carbons (Fsp3) is 0.615. The highest BCUT2D eigenvalue weighted by Crippen LogP contribution is 2.11. The van der Waals surface area contributed by atoms with E-state index in [1.807, 2.05) is 36.7 Å². The molecule has 102 valence electrons. The summed E-state index contributed by atoms with van der Waals surface area (Å²) in [5.41, 5.74) is 7.02. The summed E-state index contributed by atoms with van der Waals surface area (Å²) in [7, 11) is 3.97. The number of amides is 1. The molecule has 0 saturated heterocycles. The fourth-order valence-electron chi connectivity index (χ4n) is 2.04. The average Bonchev–Trinajstić information content (AvgIpc) is 2.58. The van der Waals surface area contributed by atoms with E-state index in [9.17, 15) is 4.79 Å². The molecule has 1 aromatic rings. The predicted molar refractivity (Wildman–Crippen MR) is 74.6 cm³/mol. The van der Waals surface area contributed by atoms with Gasteiger partial charge < -0.3 is 20.5 Å². The summed E-state index contributed by atoms with van der Waals surface area (Å²) in [4.78, 5) is 14.2. The molecule has 5 nitrogen and oxygen atoms in total. The topological polar surface area (TPSA) is 63.3 Å². The molecule has 0 fully saturated rings. The van der Waals surface area contributed by atoms with E-state index in [2.05, 4.69) is 12.2 Å². The van der Waals surface area contributed by atoms with E-state index >= 15 is 0 Å². The number of anilines is 1. The second-order valence-electron chi connectivity index (χ2n) is 4.99. The largest absolute Gasteiger partial charge is 0.397 e. The maximum atomic E-state index is 12.1. The number of aromatic nitrogens is 1. The number of rotatable bonds is 6. The van der Waals surface area contributed by atoms with Crippen molar-refractivity contribution in [2.45, 2.75) is 32.9 Å². The number of hydrogen-bond donors (Lipinski definition) is 2. The molecule has 0 aliphatic heterocycles. The van der Waals surface area contributed by atoms with Crippen molar-refractivity contribution in [3.8, 4) is 0 Å². The summed E-state index contributed by atoms with van der Waals surface area (Å²) in [6.45, 7) is 5.69. The van der Waals surface area contributed by atoms with E-state index in [1.54, 1.807) is 6.07 Å². The van der Waals surface area contributed by atoms with Crippen LogP contribution in [0.25, 0.3) is 0 Å². The van der Waals surface area contributed by atoms with Gasteiger partial charge in [-0.3, -0.25) is 4.79 Å². The van der Waals surface area contributed by atoms with Crippen LogP contribution >= 0.6 is 0 Å². The third-order valence-electron chi connectivity index (χ3n) is 2.63. The van der Waals surface area contributed by atoms with Gasteiger partial charge in [-0.25, -0.2) is 0 Å². The second kappa shape index (κ2) is 6.44. The number of carbonyl (C=O) groups excluding carboxylic acids is 1. The van der Waals surface area contributed by atoms with Gasteiger partial charge in [0.25, 0.3) is 5.91 Å². The summed E-state index contributed by atoms with van der Waals surface area (Å²) >= 11 is 0. The van der Waals surface area contributed by atoms with Crippen molar-refractivity contribution in [2.24, 2.45) is 0 Å². The first kappa shape index (κ1) is 14.6. The second-order valence-corrected chi connectivity index (χ2v) is 4.99. The van der Waals surface area contributed by atoms with E-state index in [0.717, 1.165) is 19.5 Å². The molecule has 3 N–H and O–H groups in total. The molecule has 1 heterocycles. The van der Waals surface area contributed by atoms with Crippen LogP contribution in [-0.4, -0.2) is 42.1 Å². The number of nitrogens with zero attached hydrogens (tertiary/aromatic N) is 2. The number of nitrogen functional groups attached to an aromatic ring is 1. The van der Waals surface area contributed by atoms with Crippen molar-refractivity contribution < 1.29 is 4.79 Å². The monoisotopic (exact) mass is 252 g/mol. The molecule has 0 aliphatic rings. The maximum Gasteiger partial charge on any atom is 0.268 e. The summed E-state index contributed by atoms with van der Waals surface area (Å²) in [6.07, 6.45) is 2.79. The van der Waals surface area contributed by atoms with Gasteiger partial charge in [-0.05, 0) is 33.5 Å². The highest BCUT2D eigenvalue weighted by Gasteiger charge is 2.15. The van der Waals surface area contributed by atoms with Crippen LogP contribution in [0.5, 0.6) is 0 Å². The van der Waals surface area contributed by atoms with Gasteiger partial charge in [-0.2, -0.15) is 0 Å². The van der Waals surface area contributed by atoms with Crippen LogP contribution in [0.15, 0.2) is 12.3 Å². The van der Waals surface area contributed by atoms with Crippen molar-refractivity contribution >= 4 is 11.6 Å². The van der Waals surface area contributed by atoms with Crippen LogP contribution in [0.1, 0.15) is 30.8 Å². The van der Waals surface area contributed by atoms with Crippen molar-refractivity contribution in [3.05, 3.63) is 18.0 Å². The third kappa shape index (κ3) is 4.07. The number of aryl methyl sites for hydroxylation is 1. The van der Waals surface area contributed by atoms with Crippen LogP contribution in [0, 0.1) is 0 Å². The lowest BCUT2D eigenvalue weighted by Crippen LogP contribution is -2.40. The molecule has 0 spiro atoms. The number of nitrogens with two attached hydrogens (primary N) is 1. The Morgan fingerprint density at radius 3 is 2.78 bits per heavy atom. The molecular weight excluding hydrogens is 228 g/mol. The Balaban J connectivity index is 2.71. The lowest BCUT2D eigenvalue weighted by Gasteiger charge is -2.18. The zero-order valence-corrected chi connectivity index (χ0v) is 11.7. The van der Waals surface area contributed by atoms with Crippen molar-refractivity contribution in [1.29, 1.82) is 0 Å². The molecule has 1 amide bonds. The molecule has 0 bridgehead atoms. The van der Waals surface area contributed by atoms with Crippen molar-refractivity contribution in [1.82, 2.24) is 14.8 Å². The quantitative estimate of drug-likeness (QED) is 0.798. The lowest BCUT2D eigenvalue weighted by molar-refractivity contribution is 0.0925. The Hall–Kier alpha value is -1.49. The molecule has 1 unspecified atom stereocenters. The van der Waals surface area contributed by atoms with Crippen LogP contribution in [0.3, 0.4) is 0 Å². The molecule has 0 aromatic carbocycles. The molecular formula is C13H24N4O. The standard InChI is InChI=1S/C13H24N4O/c1-5-6-17-9-11(14)7-12(17)13(18)15-10(2)8-16(3)4/h7,9-10H,5-6,8,14H2,1-4H3,(H,15,18).